The SMILES string of the molecule is CCN(CC)S(=O)(=O)c1cccc(C(=O)Nc2ccc(C(=O)N3CCc4ccccc43)cc2)c1. The minimum atomic E-state index is -3.66. The molecular weight excluding hydrogens is 450 g/mol. The summed E-state index contributed by atoms with van der Waals surface area (Å²) in [7, 11) is -3.66. The number of para-hydroxylation sites is 1. The number of nitrogens with zero attached hydrogens (tertiary/aromatic N) is 2. The molecule has 0 unspecified atom stereocenters. The van der Waals surface area contributed by atoms with Crippen LogP contribution in [0.4, 0.5) is 11.4 Å². The summed E-state index contributed by atoms with van der Waals surface area (Å²) in [4.78, 5) is 27.6. The van der Waals surface area contributed by atoms with Crippen molar-refractivity contribution in [2.75, 3.05) is 29.9 Å². The van der Waals surface area contributed by atoms with Crippen molar-refractivity contribution in [1.29, 1.82) is 0 Å². The van der Waals surface area contributed by atoms with Crippen molar-refractivity contribution in [1.82, 2.24) is 4.31 Å². The van der Waals surface area contributed by atoms with Crippen LogP contribution in [0.25, 0.3) is 0 Å². The molecule has 4 rings (SSSR count). The van der Waals surface area contributed by atoms with E-state index >= 15 is 0 Å². The fourth-order valence-corrected chi connectivity index (χ4v) is 5.62. The van der Waals surface area contributed by atoms with Crippen LogP contribution in [0.2, 0.25) is 0 Å². The van der Waals surface area contributed by atoms with Crippen molar-refractivity contribution < 1.29 is 18.0 Å². The van der Waals surface area contributed by atoms with Crippen LogP contribution in [-0.4, -0.2) is 44.2 Å². The Kier molecular flexibility index (Phi) is 6.81. The number of hydrogen-bond acceptors (Lipinski definition) is 4. The van der Waals surface area contributed by atoms with Crippen molar-refractivity contribution in [3.8, 4) is 0 Å². The number of rotatable bonds is 7. The summed E-state index contributed by atoms with van der Waals surface area (Å²) in [6, 6.07) is 20.6. The van der Waals surface area contributed by atoms with Crippen LogP contribution in [0.3, 0.4) is 0 Å². The van der Waals surface area contributed by atoms with Gasteiger partial charge in [-0.15, -0.1) is 0 Å². The lowest BCUT2D eigenvalue weighted by molar-refractivity contribution is 0.0988. The molecule has 1 aliphatic heterocycles. The van der Waals surface area contributed by atoms with Crippen molar-refractivity contribution in [2.24, 2.45) is 0 Å². The van der Waals surface area contributed by atoms with E-state index < -0.39 is 15.9 Å². The molecule has 0 aliphatic carbocycles. The number of anilines is 2. The van der Waals surface area contributed by atoms with Gasteiger partial charge in [-0.1, -0.05) is 38.1 Å². The van der Waals surface area contributed by atoms with Crippen molar-refractivity contribution in [3.05, 3.63) is 89.5 Å². The predicted molar refractivity (Wildman–Crippen MR) is 133 cm³/mol. The van der Waals surface area contributed by atoms with Crippen LogP contribution < -0.4 is 10.2 Å². The quantitative estimate of drug-likeness (QED) is 0.553. The first-order valence-electron chi connectivity index (χ1n) is 11.3. The average Bonchev–Trinajstić information content (AvgIpc) is 3.29. The Bertz CT molecular complexity index is 1320. The number of carbonyl (C=O) groups is 2. The number of fused-ring (bicyclic) bond motifs is 1. The number of sulfonamides is 1. The number of benzene rings is 3. The highest BCUT2D eigenvalue weighted by molar-refractivity contribution is 7.89. The third-order valence-electron chi connectivity index (χ3n) is 5.96. The van der Waals surface area contributed by atoms with E-state index in [1.807, 2.05) is 24.3 Å². The van der Waals surface area contributed by atoms with E-state index in [9.17, 15) is 18.0 Å². The Balaban J connectivity index is 1.47. The van der Waals surface area contributed by atoms with E-state index in [1.54, 1.807) is 55.1 Å². The van der Waals surface area contributed by atoms with E-state index in [0.29, 0.717) is 30.9 Å². The van der Waals surface area contributed by atoms with Crippen molar-refractivity contribution in [3.63, 3.8) is 0 Å². The predicted octanol–water partition coefficient (Wildman–Crippen LogP) is 4.17. The Morgan fingerprint density at radius 3 is 2.32 bits per heavy atom. The second kappa shape index (κ2) is 9.79. The summed E-state index contributed by atoms with van der Waals surface area (Å²) in [5, 5.41) is 2.77. The molecule has 34 heavy (non-hydrogen) atoms. The highest BCUT2D eigenvalue weighted by Gasteiger charge is 2.25. The van der Waals surface area contributed by atoms with E-state index in [2.05, 4.69) is 5.32 Å². The average molecular weight is 478 g/mol. The minimum absolute atomic E-state index is 0.0793. The van der Waals surface area contributed by atoms with E-state index in [1.165, 1.54) is 16.4 Å². The number of hydrogen-bond donors (Lipinski definition) is 1. The maximum Gasteiger partial charge on any atom is 0.258 e. The fourth-order valence-electron chi connectivity index (χ4n) is 4.11. The molecule has 0 bridgehead atoms. The Labute approximate surface area is 200 Å². The molecule has 1 heterocycles. The highest BCUT2D eigenvalue weighted by atomic mass is 32.2. The lowest BCUT2D eigenvalue weighted by atomic mass is 10.1. The molecule has 0 fully saturated rings. The summed E-state index contributed by atoms with van der Waals surface area (Å²) < 4.78 is 26.9. The first-order valence-corrected chi connectivity index (χ1v) is 12.7. The molecule has 0 aromatic heterocycles. The first-order chi connectivity index (χ1) is 16.3. The van der Waals surface area contributed by atoms with Crippen molar-refractivity contribution >= 4 is 33.2 Å². The van der Waals surface area contributed by atoms with Gasteiger partial charge in [-0.3, -0.25) is 9.59 Å². The van der Waals surface area contributed by atoms with Gasteiger partial charge in [-0.2, -0.15) is 4.31 Å². The zero-order chi connectivity index (χ0) is 24.3. The molecule has 8 heteroatoms. The first kappa shape index (κ1) is 23.7. The zero-order valence-corrected chi connectivity index (χ0v) is 20.0. The smallest absolute Gasteiger partial charge is 0.258 e. The maximum absolute atomic E-state index is 13.0. The molecule has 3 aromatic rings. The lowest BCUT2D eigenvalue weighted by Gasteiger charge is -2.18. The summed E-state index contributed by atoms with van der Waals surface area (Å²) in [6.07, 6.45) is 0.832. The van der Waals surface area contributed by atoms with Crippen LogP contribution in [0, 0.1) is 0 Å². The van der Waals surface area contributed by atoms with Gasteiger partial charge < -0.3 is 10.2 Å². The summed E-state index contributed by atoms with van der Waals surface area (Å²) >= 11 is 0. The molecule has 2 amide bonds. The van der Waals surface area contributed by atoms with Gasteiger partial charge in [0.25, 0.3) is 11.8 Å². The van der Waals surface area contributed by atoms with E-state index in [-0.39, 0.29) is 16.4 Å². The van der Waals surface area contributed by atoms with Gasteiger partial charge in [0.2, 0.25) is 10.0 Å². The van der Waals surface area contributed by atoms with Crippen LogP contribution >= 0.6 is 0 Å². The van der Waals surface area contributed by atoms with Gasteiger partial charge in [-0.05, 0) is 60.5 Å². The van der Waals surface area contributed by atoms with E-state index in [4.69, 9.17) is 0 Å². The monoisotopic (exact) mass is 477 g/mol. The van der Waals surface area contributed by atoms with Gasteiger partial charge in [0.05, 0.1) is 4.90 Å². The third kappa shape index (κ3) is 4.60. The molecule has 1 aliphatic rings. The van der Waals surface area contributed by atoms with Gasteiger partial charge in [-0.25, -0.2) is 8.42 Å². The molecule has 0 atom stereocenters. The molecule has 7 nitrogen and oxygen atoms in total. The molecule has 0 saturated heterocycles. The van der Waals surface area contributed by atoms with Crippen LogP contribution in [-0.2, 0) is 16.4 Å². The second-order valence-electron chi connectivity index (χ2n) is 7.98. The van der Waals surface area contributed by atoms with Crippen LogP contribution in [0.15, 0.2) is 77.7 Å². The highest BCUT2D eigenvalue weighted by Crippen LogP contribution is 2.29. The van der Waals surface area contributed by atoms with E-state index in [0.717, 1.165) is 17.7 Å². The minimum Gasteiger partial charge on any atom is -0.322 e. The topological polar surface area (TPSA) is 86.8 Å². The maximum atomic E-state index is 13.0. The Hall–Kier alpha value is -3.49. The number of amides is 2. The summed E-state index contributed by atoms with van der Waals surface area (Å²) in [5.41, 5.74) is 3.37. The van der Waals surface area contributed by atoms with Gasteiger partial charge >= 0.3 is 0 Å². The largest absolute Gasteiger partial charge is 0.322 e. The number of carbonyl (C=O) groups excluding carboxylic acids is 2. The summed E-state index contributed by atoms with van der Waals surface area (Å²) in [6.45, 7) is 4.89. The van der Waals surface area contributed by atoms with Gasteiger partial charge in [0.1, 0.15) is 0 Å². The lowest BCUT2D eigenvalue weighted by Crippen LogP contribution is -2.30. The Morgan fingerprint density at radius 1 is 0.912 bits per heavy atom. The fraction of sp³-hybridized carbons (Fsp3) is 0.231. The van der Waals surface area contributed by atoms with Gasteiger partial charge in [0.15, 0.2) is 0 Å². The van der Waals surface area contributed by atoms with Crippen molar-refractivity contribution in [2.45, 2.75) is 25.2 Å². The third-order valence-corrected chi connectivity index (χ3v) is 8.01. The van der Waals surface area contributed by atoms with Crippen LogP contribution in [0.1, 0.15) is 40.1 Å². The second-order valence-corrected chi connectivity index (χ2v) is 9.92. The molecule has 1 N–H and O–H groups in total. The molecule has 3 aromatic carbocycles. The molecule has 0 saturated carbocycles. The number of nitrogens with one attached hydrogen (secondary N) is 1. The molecule has 0 spiro atoms. The van der Waals surface area contributed by atoms with Gasteiger partial charge in [0, 0.05) is 42.1 Å². The molecular formula is C26H27N3O4S. The molecule has 176 valence electrons. The Morgan fingerprint density at radius 2 is 1.62 bits per heavy atom. The zero-order valence-electron chi connectivity index (χ0n) is 19.2. The normalized spacial score (nSPS) is 13.1. The standard InChI is InChI=1S/C26H27N3O4S/c1-3-28(4-2)34(32,33)23-10-7-9-21(18-23)25(30)27-22-14-12-20(13-15-22)26(31)29-17-16-19-8-5-6-11-24(19)29/h5-15,18H,3-4,16-17H2,1-2H3,(H,27,30). The summed E-state index contributed by atoms with van der Waals surface area (Å²) in [5.74, 6) is -0.513. The van der Waals surface area contributed by atoms with Crippen LogP contribution in [0.5, 0.6) is 0 Å². The molecule has 0 radical (unpaired) electrons.